The smallest absolute Gasteiger partial charge is 0.319 e. The van der Waals surface area contributed by atoms with Gasteiger partial charge in [0, 0.05) is 31.2 Å². The van der Waals surface area contributed by atoms with Gasteiger partial charge in [0.05, 0.1) is 24.9 Å². The maximum absolute atomic E-state index is 12.2. The van der Waals surface area contributed by atoms with Crippen molar-refractivity contribution in [3.05, 3.63) is 47.0 Å². The molecule has 0 aliphatic heterocycles. The number of methoxy groups -OCH3 is 1. The van der Waals surface area contributed by atoms with Crippen LogP contribution in [0.4, 0.5) is 10.5 Å². The molecule has 10 heteroatoms. The number of carbonyl (C=O) groups is 2. The fourth-order valence-corrected chi connectivity index (χ4v) is 2.92. The van der Waals surface area contributed by atoms with Crippen LogP contribution in [0.3, 0.4) is 0 Å². The Hall–Kier alpha value is -3.33. The summed E-state index contributed by atoms with van der Waals surface area (Å²) in [5.41, 5.74) is 2.41. The lowest BCUT2D eigenvalue weighted by Crippen LogP contribution is -2.31. The van der Waals surface area contributed by atoms with Gasteiger partial charge in [-0.25, -0.2) is 9.48 Å². The molecule has 2 aromatic carbocycles. The van der Waals surface area contributed by atoms with E-state index in [0.29, 0.717) is 40.6 Å². The quantitative estimate of drug-likeness (QED) is 0.643. The summed E-state index contributed by atoms with van der Waals surface area (Å²) >= 11 is 5.96. The molecular weight excluding hydrogens is 396 g/mol. The monoisotopic (exact) mass is 416 g/mol. The van der Waals surface area contributed by atoms with Crippen molar-refractivity contribution in [3.8, 4) is 5.75 Å². The van der Waals surface area contributed by atoms with E-state index >= 15 is 0 Å². The minimum atomic E-state index is -0.395. The van der Waals surface area contributed by atoms with Crippen LogP contribution in [0.15, 0.2) is 36.4 Å². The van der Waals surface area contributed by atoms with Crippen molar-refractivity contribution < 1.29 is 14.3 Å². The van der Waals surface area contributed by atoms with E-state index in [1.807, 2.05) is 0 Å². The van der Waals surface area contributed by atoms with Crippen molar-refractivity contribution >= 4 is 40.3 Å². The molecule has 3 aromatic rings. The lowest BCUT2D eigenvalue weighted by molar-refractivity contribution is 0.0827. The number of nitrogens with zero attached hydrogens (tertiary/aromatic N) is 4. The molecule has 0 radical (unpaired) electrons. The molecule has 0 atom stereocenters. The second kappa shape index (κ2) is 8.78. The summed E-state index contributed by atoms with van der Waals surface area (Å²) in [5.74, 6) is 0.408. The number of amides is 3. The fourth-order valence-electron chi connectivity index (χ4n) is 2.75. The summed E-state index contributed by atoms with van der Waals surface area (Å²) in [7, 11) is 4.90. The topological polar surface area (TPSA) is 101 Å². The highest BCUT2D eigenvalue weighted by atomic mass is 35.5. The van der Waals surface area contributed by atoms with Gasteiger partial charge in [-0.2, -0.15) is 0 Å². The standard InChI is InChI=1S/C19H21ClN6O3/c1-25(2)18(27)12-4-6-16-14(10-12)23-24-26(16)9-8-21-19(28)22-15-11-13(20)5-7-17(15)29-3/h4-7,10-11H,8-9H2,1-3H3,(H2,21,22,28). The first-order valence-corrected chi connectivity index (χ1v) is 9.20. The van der Waals surface area contributed by atoms with Crippen molar-refractivity contribution in [1.82, 2.24) is 25.2 Å². The van der Waals surface area contributed by atoms with Gasteiger partial charge in [0.15, 0.2) is 0 Å². The van der Waals surface area contributed by atoms with E-state index in [2.05, 4.69) is 20.9 Å². The van der Waals surface area contributed by atoms with Gasteiger partial charge in [0.2, 0.25) is 0 Å². The molecule has 0 fully saturated rings. The normalized spacial score (nSPS) is 10.6. The average molecular weight is 417 g/mol. The van der Waals surface area contributed by atoms with Gasteiger partial charge in [0.1, 0.15) is 11.3 Å². The zero-order chi connectivity index (χ0) is 21.0. The molecule has 0 unspecified atom stereocenters. The van der Waals surface area contributed by atoms with Gasteiger partial charge in [0.25, 0.3) is 5.91 Å². The summed E-state index contributed by atoms with van der Waals surface area (Å²) in [4.78, 5) is 25.7. The van der Waals surface area contributed by atoms with E-state index in [4.69, 9.17) is 16.3 Å². The predicted octanol–water partition coefficient (Wildman–Crippen LogP) is 2.62. The summed E-state index contributed by atoms with van der Waals surface area (Å²) in [6.45, 7) is 0.739. The third kappa shape index (κ3) is 4.75. The third-order valence-electron chi connectivity index (χ3n) is 4.19. The number of aromatic nitrogens is 3. The van der Waals surface area contributed by atoms with E-state index in [1.54, 1.807) is 55.2 Å². The molecule has 152 valence electrons. The van der Waals surface area contributed by atoms with Gasteiger partial charge < -0.3 is 20.3 Å². The lowest BCUT2D eigenvalue weighted by atomic mass is 10.2. The Labute approximate surface area is 172 Å². The van der Waals surface area contributed by atoms with Gasteiger partial charge in [-0.15, -0.1) is 5.10 Å². The molecule has 0 aliphatic carbocycles. The largest absolute Gasteiger partial charge is 0.495 e. The number of carbonyl (C=O) groups excluding carboxylic acids is 2. The lowest BCUT2D eigenvalue weighted by Gasteiger charge is -2.12. The number of hydrogen-bond acceptors (Lipinski definition) is 5. The number of anilines is 1. The van der Waals surface area contributed by atoms with Crippen molar-refractivity contribution in [2.24, 2.45) is 0 Å². The Morgan fingerprint density at radius 1 is 1.21 bits per heavy atom. The van der Waals surface area contributed by atoms with E-state index in [0.717, 1.165) is 5.52 Å². The van der Waals surface area contributed by atoms with Gasteiger partial charge in [-0.1, -0.05) is 16.8 Å². The molecule has 1 heterocycles. The Morgan fingerprint density at radius 2 is 2.00 bits per heavy atom. The highest BCUT2D eigenvalue weighted by Crippen LogP contribution is 2.27. The second-order valence-electron chi connectivity index (χ2n) is 6.44. The highest BCUT2D eigenvalue weighted by molar-refractivity contribution is 6.31. The number of rotatable bonds is 6. The third-order valence-corrected chi connectivity index (χ3v) is 4.42. The highest BCUT2D eigenvalue weighted by Gasteiger charge is 2.12. The first kappa shape index (κ1) is 20.4. The van der Waals surface area contributed by atoms with E-state index < -0.39 is 6.03 Å². The molecule has 29 heavy (non-hydrogen) atoms. The van der Waals surface area contributed by atoms with Crippen LogP contribution in [0, 0.1) is 0 Å². The summed E-state index contributed by atoms with van der Waals surface area (Å²) in [5, 5.41) is 14.1. The summed E-state index contributed by atoms with van der Waals surface area (Å²) < 4.78 is 6.87. The van der Waals surface area contributed by atoms with Crippen LogP contribution in [0.5, 0.6) is 5.75 Å². The molecule has 0 saturated heterocycles. The molecule has 2 N–H and O–H groups in total. The van der Waals surface area contributed by atoms with Crippen LogP contribution < -0.4 is 15.4 Å². The molecule has 0 spiro atoms. The summed E-state index contributed by atoms with van der Waals surface area (Å²) in [6, 6.07) is 9.79. The second-order valence-corrected chi connectivity index (χ2v) is 6.88. The number of benzene rings is 2. The van der Waals surface area contributed by atoms with Crippen molar-refractivity contribution in [3.63, 3.8) is 0 Å². The Bertz CT molecular complexity index is 1050. The van der Waals surface area contributed by atoms with E-state index in [-0.39, 0.29) is 5.91 Å². The molecule has 9 nitrogen and oxygen atoms in total. The minimum Gasteiger partial charge on any atom is -0.495 e. The number of hydrogen-bond donors (Lipinski definition) is 2. The minimum absolute atomic E-state index is 0.101. The molecular formula is C19H21ClN6O3. The number of urea groups is 1. The predicted molar refractivity (Wildman–Crippen MR) is 111 cm³/mol. The van der Waals surface area contributed by atoms with Crippen LogP contribution in [-0.4, -0.2) is 59.6 Å². The molecule has 0 saturated carbocycles. The average Bonchev–Trinajstić information content (AvgIpc) is 3.09. The van der Waals surface area contributed by atoms with Crippen LogP contribution >= 0.6 is 11.6 Å². The van der Waals surface area contributed by atoms with Gasteiger partial charge in [-0.05, 0) is 36.4 Å². The maximum Gasteiger partial charge on any atom is 0.319 e. The van der Waals surface area contributed by atoms with Crippen LogP contribution in [0.1, 0.15) is 10.4 Å². The first-order chi connectivity index (χ1) is 13.9. The molecule has 3 rings (SSSR count). The number of nitrogens with one attached hydrogen (secondary N) is 2. The van der Waals surface area contributed by atoms with Gasteiger partial charge >= 0.3 is 6.03 Å². The fraction of sp³-hybridized carbons (Fsp3) is 0.263. The van der Waals surface area contributed by atoms with E-state index in [1.165, 1.54) is 12.0 Å². The molecule has 3 amide bonds. The zero-order valence-electron chi connectivity index (χ0n) is 16.3. The zero-order valence-corrected chi connectivity index (χ0v) is 17.0. The Kier molecular flexibility index (Phi) is 6.18. The Morgan fingerprint density at radius 3 is 2.72 bits per heavy atom. The number of halogens is 1. The van der Waals surface area contributed by atoms with Crippen molar-refractivity contribution in [1.29, 1.82) is 0 Å². The Balaban J connectivity index is 1.60. The summed E-state index contributed by atoms with van der Waals surface area (Å²) in [6.07, 6.45) is 0. The van der Waals surface area contributed by atoms with Crippen molar-refractivity contribution in [2.45, 2.75) is 6.54 Å². The molecule has 0 bridgehead atoms. The van der Waals surface area contributed by atoms with Crippen LogP contribution in [0.2, 0.25) is 5.02 Å². The maximum atomic E-state index is 12.2. The first-order valence-electron chi connectivity index (χ1n) is 8.82. The van der Waals surface area contributed by atoms with Gasteiger partial charge in [-0.3, -0.25) is 4.79 Å². The van der Waals surface area contributed by atoms with Crippen LogP contribution in [0.25, 0.3) is 11.0 Å². The van der Waals surface area contributed by atoms with E-state index in [9.17, 15) is 9.59 Å². The number of fused-ring (bicyclic) bond motifs is 1. The molecule has 1 aromatic heterocycles. The van der Waals surface area contributed by atoms with Crippen molar-refractivity contribution in [2.75, 3.05) is 33.1 Å². The SMILES string of the molecule is COc1ccc(Cl)cc1NC(=O)NCCn1nnc2cc(C(=O)N(C)C)ccc21. The van der Waals surface area contributed by atoms with Crippen LogP contribution in [-0.2, 0) is 6.54 Å². The number of ether oxygens (including phenoxy) is 1. The molecule has 0 aliphatic rings.